The Balaban J connectivity index is 1.60. The maximum atomic E-state index is 14.7. The highest BCUT2D eigenvalue weighted by atomic mass is 16.2. The molecule has 0 saturated carbocycles. The number of hydrogen-bond acceptors (Lipinski definition) is 2. The monoisotopic (exact) mass is 524 g/mol. The van der Waals surface area contributed by atoms with E-state index in [1.54, 1.807) is 9.80 Å². The second kappa shape index (κ2) is 10.1. The van der Waals surface area contributed by atoms with E-state index in [9.17, 15) is 9.59 Å². The molecular weight excluding hydrogens is 492 g/mol. The zero-order chi connectivity index (χ0) is 27.7. The molecule has 0 radical (unpaired) electrons. The summed E-state index contributed by atoms with van der Waals surface area (Å²) in [5.74, 6) is -0.115. The van der Waals surface area contributed by atoms with E-state index in [1.807, 2.05) is 123 Å². The van der Waals surface area contributed by atoms with Gasteiger partial charge in [-0.25, -0.2) is 0 Å². The largest absolute Gasteiger partial charge is 0.314 e. The van der Waals surface area contributed by atoms with Crippen molar-refractivity contribution in [2.75, 3.05) is 23.9 Å². The maximum absolute atomic E-state index is 14.7. The molecule has 0 aromatic heterocycles. The van der Waals surface area contributed by atoms with Gasteiger partial charge in [-0.15, -0.1) is 0 Å². The summed E-state index contributed by atoms with van der Waals surface area (Å²) < 4.78 is 0. The summed E-state index contributed by atoms with van der Waals surface area (Å²) in [6.45, 7) is 0. The first-order valence-corrected chi connectivity index (χ1v) is 13.7. The third kappa shape index (κ3) is 3.75. The van der Waals surface area contributed by atoms with Gasteiger partial charge in [0.25, 0.3) is 0 Å². The van der Waals surface area contributed by atoms with Crippen LogP contribution in [0.5, 0.6) is 0 Å². The Morgan fingerprint density at radius 1 is 0.525 bits per heavy atom. The van der Waals surface area contributed by atoms with Crippen LogP contribution in [0.3, 0.4) is 0 Å². The highest BCUT2D eigenvalue weighted by Gasteiger charge is 2.68. The molecule has 0 bridgehead atoms. The quantitative estimate of drug-likeness (QED) is 0.261. The van der Waals surface area contributed by atoms with E-state index in [1.165, 1.54) is 0 Å². The van der Waals surface area contributed by atoms with E-state index >= 15 is 0 Å². The molecule has 2 unspecified atom stereocenters. The van der Waals surface area contributed by atoms with Crippen molar-refractivity contribution in [3.63, 3.8) is 0 Å². The number of benzene rings is 4. The minimum absolute atomic E-state index is 0.0574. The highest BCUT2D eigenvalue weighted by molar-refractivity contribution is 6.18. The van der Waals surface area contributed by atoms with Crippen molar-refractivity contribution in [1.29, 1.82) is 0 Å². The summed E-state index contributed by atoms with van der Waals surface area (Å²) in [6.07, 6.45) is 9.02. The molecule has 40 heavy (non-hydrogen) atoms. The van der Waals surface area contributed by atoms with Crippen molar-refractivity contribution in [1.82, 2.24) is 0 Å². The summed E-state index contributed by atoms with van der Waals surface area (Å²) in [5.41, 5.74) is 3.33. The number of nitrogens with zero attached hydrogens (tertiary/aromatic N) is 2. The summed E-state index contributed by atoms with van der Waals surface area (Å²) >= 11 is 0. The first kappa shape index (κ1) is 25.6. The Hall–Kier alpha value is -4.70. The molecule has 4 aromatic carbocycles. The van der Waals surface area contributed by atoms with Crippen LogP contribution in [-0.4, -0.2) is 25.9 Å². The van der Waals surface area contributed by atoms with E-state index in [4.69, 9.17) is 0 Å². The number of likely N-dealkylation sites (N-methyl/N-ethyl adjacent to an activating group) is 2. The number of amides is 2. The zero-order valence-corrected chi connectivity index (χ0v) is 22.8. The van der Waals surface area contributed by atoms with Gasteiger partial charge in [0.2, 0.25) is 11.8 Å². The molecule has 0 spiro atoms. The van der Waals surface area contributed by atoms with Gasteiger partial charge in [0.1, 0.15) is 0 Å². The van der Waals surface area contributed by atoms with Crippen LogP contribution in [0.15, 0.2) is 121 Å². The first-order chi connectivity index (χ1) is 19.5. The lowest BCUT2D eigenvalue weighted by atomic mass is 9.54. The number of rotatable bonds is 7. The van der Waals surface area contributed by atoms with E-state index < -0.39 is 10.8 Å². The molecule has 4 nitrogen and oxygen atoms in total. The molecule has 2 atom stereocenters. The van der Waals surface area contributed by atoms with Crippen molar-refractivity contribution in [3.05, 3.63) is 144 Å². The Morgan fingerprint density at radius 2 is 0.875 bits per heavy atom. The van der Waals surface area contributed by atoms with E-state index in [2.05, 4.69) is 24.3 Å². The number of allylic oxidation sites excluding steroid dienone is 2. The molecule has 4 heteroatoms. The molecule has 0 N–H and O–H groups in total. The normalized spacial score (nSPS) is 21.9. The second-order valence-corrected chi connectivity index (χ2v) is 10.6. The summed E-state index contributed by atoms with van der Waals surface area (Å²) in [7, 11) is 3.65. The SMILES string of the molecule is CN1C(=O)C(CC=Cc2ccccc2)(C2(CC=Cc3ccccc3)C(=O)N(C)c3ccccc32)c2ccccc21. The van der Waals surface area contributed by atoms with Crippen molar-refractivity contribution >= 4 is 35.3 Å². The average Bonchev–Trinajstić information content (AvgIpc) is 3.35. The molecule has 2 aliphatic heterocycles. The Morgan fingerprint density at radius 3 is 1.27 bits per heavy atom. The van der Waals surface area contributed by atoms with Gasteiger partial charge in [0, 0.05) is 25.5 Å². The lowest BCUT2D eigenvalue weighted by Gasteiger charge is -2.43. The number of fused-ring (bicyclic) bond motifs is 2. The molecule has 0 fully saturated rings. The minimum Gasteiger partial charge on any atom is -0.314 e. The lowest BCUT2D eigenvalue weighted by Crippen LogP contribution is -2.59. The summed E-state index contributed by atoms with van der Waals surface area (Å²) in [4.78, 5) is 32.9. The van der Waals surface area contributed by atoms with E-state index in [0.717, 1.165) is 33.6 Å². The van der Waals surface area contributed by atoms with Crippen LogP contribution >= 0.6 is 0 Å². The molecule has 2 amide bonds. The molecule has 198 valence electrons. The van der Waals surface area contributed by atoms with Crippen LogP contribution in [0, 0.1) is 0 Å². The van der Waals surface area contributed by atoms with Crippen LogP contribution in [0.2, 0.25) is 0 Å². The Kier molecular flexibility index (Phi) is 6.47. The molecule has 6 rings (SSSR count). The average molecular weight is 525 g/mol. The molecule has 2 heterocycles. The van der Waals surface area contributed by atoms with Crippen LogP contribution in [-0.2, 0) is 20.4 Å². The fourth-order valence-electron chi connectivity index (χ4n) is 6.72. The van der Waals surface area contributed by atoms with Crippen LogP contribution < -0.4 is 9.80 Å². The van der Waals surface area contributed by atoms with E-state index in [-0.39, 0.29) is 11.8 Å². The molecule has 0 saturated heterocycles. The van der Waals surface area contributed by atoms with Gasteiger partial charge >= 0.3 is 0 Å². The second-order valence-electron chi connectivity index (χ2n) is 10.6. The Bertz CT molecular complexity index is 1500. The number of carbonyl (C=O) groups is 2. The van der Waals surface area contributed by atoms with Crippen molar-refractivity contribution in [3.8, 4) is 0 Å². The highest BCUT2D eigenvalue weighted by Crippen LogP contribution is 2.61. The summed E-state index contributed by atoms with van der Waals surface area (Å²) in [5, 5.41) is 0. The maximum Gasteiger partial charge on any atom is 0.239 e. The van der Waals surface area contributed by atoms with Crippen molar-refractivity contribution in [2.45, 2.75) is 23.7 Å². The third-order valence-corrected chi connectivity index (χ3v) is 8.59. The van der Waals surface area contributed by atoms with Gasteiger partial charge in [-0.1, -0.05) is 121 Å². The number of carbonyl (C=O) groups excluding carboxylic acids is 2. The molecular formula is C36H32N2O2. The van der Waals surface area contributed by atoms with Gasteiger partial charge in [-0.2, -0.15) is 0 Å². The van der Waals surface area contributed by atoms with Crippen LogP contribution in [0.1, 0.15) is 35.1 Å². The van der Waals surface area contributed by atoms with Crippen molar-refractivity contribution in [2.24, 2.45) is 0 Å². The lowest BCUT2D eigenvalue weighted by molar-refractivity contribution is -0.134. The zero-order valence-electron chi connectivity index (χ0n) is 22.8. The minimum atomic E-state index is -1.14. The Labute approximate surface area is 235 Å². The fraction of sp³-hybridized carbons (Fsp3) is 0.167. The third-order valence-electron chi connectivity index (χ3n) is 8.59. The van der Waals surface area contributed by atoms with Crippen LogP contribution in [0.4, 0.5) is 11.4 Å². The molecule has 2 aliphatic rings. The van der Waals surface area contributed by atoms with E-state index in [0.29, 0.717) is 12.8 Å². The fourth-order valence-corrected chi connectivity index (χ4v) is 6.72. The smallest absolute Gasteiger partial charge is 0.239 e. The number of anilines is 2. The number of hydrogen-bond donors (Lipinski definition) is 0. The van der Waals surface area contributed by atoms with Gasteiger partial charge < -0.3 is 9.80 Å². The summed E-state index contributed by atoms with van der Waals surface area (Å²) in [6, 6.07) is 36.0. The van der Waals surface area contributed by atoms with Gasteiger partial charge in [0.05, 0.1) is 10.8 Å². The molecule has 0 aliphatic carbocycles. The molecule has 4 aromatic rings. The predicted octanol–water partition coefficient (Wildman–Crippen LogP) is 7.02. The van der Waals surface area contributed by atoms with Crippen LogP contribution in [0.25, 0.3) is 12.2 Å². The van der Waals surface area contributed by atoms with Gasteiger partial charge in [0.15, 0.2) is 0 Å². The predicted molar refractivity (Wildman–Crippen MR) is 163 cm³/mol. The first-order valence-electron chi connectivity index (χ1n) is 13.7. The standard InChI is InChI=1S/C36H32N2O2/c1-37-31-23-11-9-21-29(31)35(33(37)39,25-13-19-27-15-5-3-6-16-27)36(26-14-20-28-17-7-4-8-18-28)30-22-10-12-24-32(30)38(2)34(36)40/h3-24H,25-26H2,1-2H3. The van der Waals surface area contributed by atoms with Gasteiger partial charge in [-0.3, -0.25) is 9.59 Å². The van der Waals surface area contributed by atoms with Crippen molar-refractivity contribution < 1.29 is 9.59 Å². The topological polar surface area (TPSA) is 40.6 Å². The number of para-hydroxylation sites is 2. The van der Waals surface area contributed by atoms with Gasteiger partial charge in [-0.05, 0) is 47.2 Å².